The zero-order chi connectivity index (χ0) is 15.7. The lowest BCUT2D eigenvalue weighted by Gasteiger charge is -2.34. The van der Waals surface area contributed by atoms with Crippen LogP contribution in [-0.2, 0) is 4.79 Å². The number of carbonyl (C=O) groups is 1. The third kappa shape index (κ3) is 6.36. The maximum absolute atomic E-state index is 11.1. The number of nitrogens with zero attached hydrogens (tertiary/aromatic N) is 2. The fourth-order valence-electron chi connectivity index (χ4n) is 2.90. The van der Waals surface area contributed by atoms with E-state index in [4.69, 9.17) is 10.7 Å². The van der Waals surface area contributed by atoms with Gasteiger partial charge in [0.15, 0.2) is 5.96 Å². The van der Waals surface area contributed by atoms with E-state index in [2.05, 4.69) is 31.0 Å². The maximum atomic E-state index is 11.1. The van der Waals surface area contributed by atoms with Gasteiger partial charge >= 0.3 is 0 Å². The molecule has 0 aliphatic carbocycles. The Labute approximate surface area is 129 Å². The van der Waals surface area contributed by atoms with Crippen molar-refractivity contribution in [2.75, 3.05) is 26.2 Å². The molecule has 5 heteroatoms. The largest absolute Gasteiger partial charge is 0.370 e. The van der Waals surface area contributed by atoms with Crippen LogP contribution in [-0.4, -0.2) is 42.9 Å². The Hall–Kier alpha value is -1.26. The van der Waals surface area contributed by atoms with Gasteiger partial charge in [-0.2, -0.15) is 0 Å². The fourth-order valence-corrected chi connectivity index (χ4v) is 2.90. The minimum atomic E-state index is -0.194. The molecule has 1 atom stereocenters. The van der Waals surface area contributed by atoms with Crippen LogP contribution < -0.4 is 11.1 Å². The predicted molar refractivity (Wildman–Crippen MR) is 88.2 cm³/mol. The van der Waals surface area contributed by atoms with E-state index in [-0.39, 0.29) is 5.91 Å². The van der Waals surface area contributed by atoms with Crippen molar-refractivity contribution < 1.29 is 4.79 Å². The molecule has 0 aromatic carbocycles. The molecule has 0 radical (unpaired) electrons. The second-order valence-electron chi connectivity index (χ2n) is 6.00. The van der Waals surface area contributed by atoms with Gasteiger partial charge in [-0.15, -0.1) is 0 Å². The Morgan fingerprint density at radius 3 is 2.67 bits per heavy atom. The summed E-state index contributed by atoms with van der Waals surface area (Å²) in [5.74, 6) is 1.83. The zero-order valence-corrected chi connectivity index (χ0v) is 13.9. The summed E-state index contributed by atoms with van der Waals surface area (Å²) in [5.41, 5.74) is 5.33. The van der Waals surface area contributed by atoms with Crippen LogP contribution in [0.15, 0.2) is 4.99 Å². The first-order valence-electron chi connectivity index (χ1n) is 8.42. The number of likely N-dealkylation sites (tertiary alicyclic amines) is 1. The van der Waals surface area contributed by atoms with Gasteiger partial charge in [-0.3, -0.25) is 9.79 Å². The molecule has 1 saturated heterocycles. The minimum Gasteiger partial charge on any atom is -0.370 e. The third-order valence-corrected chi connectivity index (χ3v) is 4.30. The van der Waals surface area contributed by atoms with Crippen LogP contribution in [0.1, 0.15) is 52.9 Å². The molecule has 1 rings (SSSR count). The first-order valence-corrected chi connectivity index (χ1v) is 8.42. The average Bonchev–Trinajstić information content (AvgIpc) is 2.46. The molecule has 0 spiro atoms. The molecular weight excluding hydrogens is 264 g/mol. The Bertz CT molecular complexity index is 339. The molecule has 1 unspecified atom stereocenters. The number of piperidine rings is 1. The monoisotopic (exact) mass is 296 g/mol. The number of carbonyl (C=O) groups excluding carboxylic acids is 1. The molecule has 1 heterocycles. The van der Waals surface area contributed by atoms with E-state index in [1.54, 1.807) is 0 Å². The van der Waals surface area contributed by atoms with Gasteiger partial charge in [0.05, 0.1) is 0 Å². The van der Waals surface area contributed by atoms with Gasteiger partial charge in [0.1, 0.15) is 0 Å². The Morgan fingerprint density at radius 2 is 2.10 bits per heavy atom. The third-order valence-electron chi connectivity index (χ3n) is 4.30. The number of guanidine groups is 1. The molecule has 1 aliphatic heterocycles. The number of rotatable bonds is 7. The first-order chi connectivity index (χ1) is 10.1. The van der Waals surface area contributed by atoms with Gasteiger partial charge in [-0.1, -0.05) is 26.7 Å². The predicted octanol–water partition coefficient (Wildman–Crippen LogP) is 1.98. The van der Waals surface area contributed by atoms with Gasteiger partial charge in [0, 0.05) is 32.6 Å². The highest BCUT2D eigenvalue weighted by Crippen LogP contribution is 2.19. The van der Waals surface area contributed by atoms with Crippen molar-refractivity contribution in [1.29, 1.82) is 0 Å². The minimum absolute atomic E-state index is 0.194. The van der Waals surface area contributed by atoms with E-state index in [0.717, 1.165) is 45.0 Å². The van der Waals surface area contributed by atoms with Crippen molar-refractivity contribution in [3.63, 3.8) is 0 Å². The summed E-state index contributed by atoms with van der Waals surface area (Å²) in [6.07, 6.45) is 5.02. The summed E-state index contributed by atoms with van der Waals surface area (Å²) >= 11 is 0. The van der Waals surface area contributed by atoms with Crippen LogP contribution in [0.3, 0.4) is 0 Å². The van der Waals surface area contributed by atoms with E-state index in [1.165, 1.54) is 12.8 Å². The number of aliphatic imine (C=N–C) groups is 1. The fraction of sp³-hybridized carbons (Fsp3) is 0.875. The average molecular weight is 296 g/mol. The van der Waals surface area contributed by atoms with Crippen molar-refractivity contribution in [2.45, 2.75) is 52.9 Å². The SMILES string of the molecule is CCNC(=NCC(CC)CC)N1CCCC(CC(N)=O)C1. The first kappa shape index (κ1) is 17.8. The lowest BCUT2D eigenvalue weighted by molar-refractivity contribution is -0.119. The van der Waals surface area contributed by atoms with Crippen LogP contribution in [0.5, 0.6) is 0 Å². The topological polar surface area (TPSA) is 70.7 Å². The van der Waals surface area contributed by atoms with Crippen LogP contribution in [0.2, 0.25) is 0 Å². The van der Waals surface area contributed by atoms with Crippen LogP contribution in [0.25, 0.3) is 0 Å². The highest BCUT2D eigenvalue weighted by Gasteiger charge is 2.23. The van der Waals surface area contributed by atoms with Crippen LogP contribution >= 0.6 is 0 Å². The summed E-state index contributed by atoms with van der Waals surface area (Å²) in [5, 5.41) is 3.39. The van der Waals surface area contributed by atoms with E-state index < -0.39 is 0 Å². The Balaban J connectivity index is 2.65. The molecule has 1 fully saturated rings. The molecule has 5 nitrogen and oxygen atoms in total. The van der Waals surface area contributed by atoms with E-state index in [1.807, 2.05) is 0 Å². The van der Waals surface area contributed by atoms with Crippen molar-refractivity contribution in [1.82, 2.24) is 10.2 Å². The molecule has 0 saturated carbocycles. The summed E-state index contributed by atoms with van der Waals surface area (Å²) in [6, 6.07) is 0. The number of primary amides is 1. The second kappa shape index (κ2) is 9.64. The Morgan fingerprint density at radius 1 is 1.38 bits per heavy atom. The summed E-state index contributed by atoms with van der Waals surface area (Å²) in [6.45, 7) is 10.2. The molecule has 21 heavy (non-hydrogen) atoms. The van der Waals surface area contributed by atoms with Gasteiger partial charge in [0.2, 0.25) is 5.91 Å². The molecule has 0 aromatic rings. The summed E-state index contributed by atoms with van der Waals surface area (Å²) < 4.78 is 0. The molecule has 0 bridgehead atoms. The lowest BCUT2D eigenvalue weighted by atomic mass is 9.95. The van der Waals surface area contributed by atoms with E-state index >= 15 is 0 Å². The standard InChI is InChI=1S/C16H32N4O/c1-4-13(5-2)11-19-16(18-6-3)20-9-7-8-14(12-20)10-15(17)21/h13-14H,4-12H2,1-3H3,(H2,17,21)(H,18,19). The molecule has 3 N–H and O–H groups in total. The number of nitrogens with two attached hydrogens (primary N) is 1. The van der Waals surface area contributed by atoms with Gasteiger partial charge in [0.25, 0.3) is 0 Å². The van der Waals surface area contributed by atoms with E-state index in [9.17, 15) is 4.79 Å². The summed E-state index contributed by atoms with van der Waals surface area (Å²) in [4.78, 5) is 18.2. The van der Waals surface area contributed by atoms with Crippen molar-refractivity contribution in [3.05, 3.63) is 0 Å². The lowest BCUT2D eigenvalue weighted by Crippen LogP contribution is -2.47. The Kier molecular flexibility index (Phi) is 8.16. The molecule has 1 amide bonds. The van der Waals surface area contributed by atoms with Crippen molar-refractivity contribution in [2.24, 2.45) is 22.6 Å². The van der Waals surface area contributed by atoms with Gasteiger partial charge < -0.3 is 16.0 Å². The quantitative estimate of drug-likeness (QED) is 0.557. The number of nitrogens with one attached hydrogen (secondary N) is 1. The van der Waals surface area contributed by atoms with Gasteiger partial charge in [-0.25, -0.2) is 0 Å². The number of amides is 1. The van der Waals surface area contributed by atoms with E-state index in [0.29, 0.717) is 18.3 Å². The van der Waals surface area contributed by atoms with Crippen LogP contribution in [0, 0.1) is 11.8 Å². The highest BCUT2D eigenvalue weighted by molar-refractivity contribution is 5.80. The smallest absolute Gasteiger partial charge is 0.217 e. The van der Waals surface area contributed by atoms with Gasteiger partial charge in [-0.05, 0) is 31.6 Å². The maximum Gasteiger partial charge on any atom is 0.217 e. The highest BCUT2D eigenvalue weighted by atomic mass is 16.1. The molecule has 122 valence electrons. The molecular formula is C16H32N4O. The second-order valence-corrected chi connectivity index (χ2v) is 6.00. The summed E-state index contributed by atoms with van der Waals surface area (Å²) in [7, 11) is 0. The number of hydrogen-bond donors (Lipinski definition) is 2. The molecule has 0 aromatic heterocycles. The van der Waals surface area contributed by atoms with Crippen molar-refractivity contribution in [3.8, 4) is 0 Å². The zero-order valence-electron chi connectivity index (χ0n) is 13.9. The van der Waals surface area contributed by atoms with Crippen LogP contribution in [0.4, 0.5) is 0 Å². The normalized spacial score (nSPS) is 19.9. The van der Waals surface area contributed by atoms with Crippen molar-refractivity contribution >= 4 is 11.9 Å². The number of hydrogen-bond acceptors (Lipinski definition) is 2. The molecule has 1 aliphatic rings.